The number of nitrogens with zero attached hydrogens (tertiary/aromatic N) is 2. The van der Waals surface area contributed by atoms with Crippen LogP contribution in [0.4, 0.5) is 17.1 Å². The highest BCUT2D eigenvalue weighted by molar-refractivity contribution is 6.04. The van der Waals surface area contributed by atoms with Crippen LogP contribution in [0.3, 0.4) is 0 Å². The Balaban J connectivity index is 1.79. The van der Waals surface area contributed by atoms with Crippen molar-refractivity contribution in [2.24, 2.45) is 5.92 Å². The number of hydrogen-bond acceptors (Lipinski definition) is 5. The first kappa shape index (κ1) is 19.3. The number of nitro benzene ring substituents is 1. The number of nitro groups is 1. The predicted molar refractivity (Wildman–Crippen MR) is 105 cm³/mol. The van der Waals surface area contributed by atoms with Crippen molar-refractivity contribution in [3.05, 3.63) is 57.6 Å². The van der Waals surface area contributed by atoms with E-state index in [9.17, 15) is 19.7 Å². The molecule has 8 nitrogen and oxygen atoms in total. The average Bonchev–Trinajstić information content (AvgIpc) is 3.05. The number of carbonyl (C=O) groups excluding carboxylic acids is 2. The van der Waals surface area contributed by atoms with E-state index in [-0.39, 0.29) is 36.2 Å². The Labute approximate surface area is 162 Å². The lowest BCUT2D eigenvalue weighted by Gasteiger charge is -2.20. The number of nitrogens with one attached hydrogen (secondary N) is 1. The van der Waals surface area contributed by atoms with E-state index in [0.29, 0.717) is 5.75 Å². The molecule has 1 saturated heterocycles. The highest BCUT2D eigenvalue weighted by atomic mass is 16.6. The van der Waals surface area contributed by atoms with Gasteiger partial charge in [0.05, 0.1) is 23.6 Å². The number of aryl methyl sites for hydroxylation is 1. The lowest BCUT2D eigenvalue weighted by molar-refractivity contribution is -0.384. The third-order valence-corrected chi connectivity index (χ3v) is 5.01. The molecule has 2 aromatic carbocycles. The Morgan fingerprint density at radius 3 is 2.71 bits per heavy atom. The van der Waals surface area contributed by atoms with E-state index in [1.165, 1.54) is 25.3 Å². The average molecular weight is 383 g/mol. The van der Waals surface area contributed by atoms with Crippen LogP contribution in [0.2, 0.25) is 0 Å². The molecular weight excluding hydrogens is 362 g/mol. The summed E-state index contributed by atoms with van der Waals surface area (Å²) in [6.45, 7) is 4.17. The second-order valence-electron chi connectivity index (χ2n) is 6.76. The van der Waals surface area contributed by atoms with E-state index in [1.807, 2.05) is 32.0 Å². The zero-order chi connectivity index (χ0) is 20.4. The lowest BCUT2D eigenvalue weighted by atomic mass is 10.1. The first-order valence-corrected chi connectivity index (χ1v) is 8.81. The maximum atomic E-state index is 12.7. The first-order chi connectivity index (χ1) is 13.3. The molecular formula is C20H21N3O5. The van der Waals surface area contributed by atoms with Crippen LogP contribution in [0.5, 0.6) is 5.75 Å². The fourth-order valence-corrected chi connectivity index (χ4v) is 3.29. The van der Waals surface area contributed by atoms with E-state index < -0.39 is 10.8 Å². The van der Waals surface area contributed by atoms with Crippen LogP contribution in [0.25, 0.3) is 0 Å². The summed E-state index contributed by atoms with van der Waals surface area (Å²) in [6.07, 6.45) is 0.0798. The Morgan fingerprint density at radius 2 is 2.04 bits per heavy atom. The van der Waals surface area contributed by atoms with E-state index in [4.69, 9.17) is 4.74 Å². The van der Waals surface area contributed by atoms with Crippen LogP contribution in [0.15, 0.2) is 36.4 Å². The summed E-state index contributed by atoms with van der Waals surface area (Å²) in [5.74, 6) is -0.745. The summed E-state index contributed by atoms with van der Waals surface area (Å²) in [5.41, 5.74) is 2.92. The summed E-state index contributed by atoms with van der Waals surface area (Å²) in [6, 6.07) is 9.69. The highest BCUT2D eigenvalue weighted by Gasteiger charge is 2.36. The van der Waals surface area contributed by atoms with Crippen molar-refractivity contribution in [2.45, 2.75) is 20.3 Å². The third kappa shape index (κ3) is 3.66. The van der Waals surface area contributed by atoms with Gasteiger partial charge in [0, 0.05) is 30.8 Å². The predicted octanol–water partition coefficient (Wildman–Crippen LogP) is 3.21. The van der Waals surface area contributed by atoms with Crippen molar-refractivity contribution in [2.75, 3.05) is 23.9 Å². The Hall–Kier alpha value is -3.42. The topological polar surface area (TPSA) is 102 Å². The van der Waals surface area contributed by atoms with Crippen LogP contribution in [0, 0.1) is 29.9 Å². The Morgan fingerprint density at radius 1 is 1.29 bits per heavy atom. The van der Waals surface area contributed by atoms with Gasteiger partial charge in [0.15, 0.2) is 0 Å². The molecule has 0 saturated carbocycles. The SMILES string of the molecule is COc1ccc([N+](=O)[O-])cc1NC(=O)C1CC(=O)N(c2cccc(C)c2C)C1. The highest BCUT2D eigenvalue weighted by Crippen LogP contribution is 2.32. The van der Waals surface area contributed by atoms with Gasteiger partial charge in [-0.05, 0) is 37.1 Å². The molecule has 2 aromatic rings. The fraction of sp³-hybridized carbons (Fsp3) is 0.300. The fourth-order valence-electron chi connectivity index (χ4n) is 3.29. The van der Waals surface area contributed by atoms with E-state index in [2.05, 4.69) is 5.32 Å². The van der Waals surface area contributed by atoms with Crippen molar-refractivity contribution >= 4 is 28.9 Å². The van der Waals surface area contributed by atoms with Gasteiger partial charge in [-0.25, -0.2) is 0 Å². The molecule has 1 aliphatic heterocycles. The normalized spacial score (nSPS) is 16.2. The third-order valence-electron chi connectivity index (χ3n) is 5.01. The summed E-state index contributed by atoms with van der Waals surface area (Å²) in [4.78, 5) is 37.3. The van der Waals surface area contributed by atoms with Crippen molar-refractivity contribution in [3.8, 4) is 5.75 Å². The zero-order valence-corrected chi connectivity index (χ0v) is 15.9. The molecule has 0 aliphatic carbocycles. The largest absolute Gasteiger partial charge is 0.495 e. The van der Waals surface area contributed by atoms with Crippen molar-refractivity contribution in [1.82, 2.24) is 0 Å². The van der Waals surface area contributed by atoms with Crippen LogP contribution in [0.1, 0.15) is 17.5 Å². The van der Waals surface area contributed by atoms with Gasteiger partial charge in [0.1, 0.15) is 5.75 Å². The van der Waals surface area contributed by atoms with Crippen molar-refractivity contribution in [3.63, 3.8) is 0 Å². The van der Waals surface area contributed by atoms with E-state index in [0.717, 1.165) is 16.8 Å². The Bertz CT molecular complexity index is 957. The zero-order valence-electron chi connectivity index (χ0n) is 15.9. The minimum absolute atomic E-state index is 0.0798. The number of rotatable bonds is 5. The number of anilines is 2. The standard InChI is InChI=1S/C20H21N3O5/c1-12-5-4-6-17(13(12)2)22-11-14(9-19(22)24)20(25)21-16-10-15(23(26)27)7-8-18(16)28-3/h4-8,10,14H,9,11H2,1-3H3,(H,21,25). The molecule has 8 heteroatoms. The monoisotopic (exact) mass is 383 g/mol. The molecule has 1 N–H and O–H groups in total. The number of methoxy groups -OCH3 is 1. The van der Waals surface area contributed by atoms with Crippen molar-refractivity contribution in [1.29, 1.82) is 0 Å². The van der Waals surface area contributed by atoms with Crippen LogP contribution in [-0.2, 0) is 9.59 Å². The number of benzene rings is 2. The molecule has 1 heterocycles. The Kier molecular flexibility index (Phi) is 5.30. The van der Waals surface area contributed by atoms with Gasteiger partial charge in [-0.3, -0.25) is 19.7 Å². The second kappa shape index (κ2) is 7.67. The molecule has 2 amide bonds. The van der Waals surface area contributed by atoms with Gasteiger partial charge in [-0.2, -0.15) is 0 Å². The summed E-state index contributed by atoms with van der Waals surface area (Å²) >= 11 is 0. The van der Waals surface area contributed by atoms with Crippen molar-refractivity contribution < 1.29 is 19.2 Å². The minimum Gasteiger partial charge on any atom is -0.495 e. The molecule has 146 valence electrons. The van der Waals surface area contributed by atoms with E-state index in [1.54, 1.807) is 4.90 Å². The van der Waals surface area contributed by atoms with Crippen LogP contribution >= 0.6 is 0 Å². The number of hydrogen-bond donors (Lipinski definition) is 1. The second-order valence-corrected chi connectivity index (χ2v) is 6.76. The molecule has 0 aromatic heterocycles. The molecule has 1 aliphatic rings. The van der Waals surface area contributed by atoms with Crippen LogP contribution in [-0.4, -0.2) is 30.4 Å². The van der Waals surface area contributed by atoms with Gasteiger partial charge >= 0.3 is 0 Å². The molecule has 0 radical (unpaired) electrons. The van der Waals surface area contributed by atoms with Gasteiger partial charge < -0.3 is 15.0 Å². The van der Waals surface area contributed by atoms with Gasteiger partial charge in [0.25, 0.3) is 5.69 Å². The molecule has 1 fully saturated rings. The van der Waals surface area contributed by atoms with Crippen LogP contribution < -0.4 is 15.0 Å². The number of non-ortho nitro benzene ring substituents is 1. The van der Waals surface area contributed by atoms with Gasteiger partial charge in [0.2, 0.25) is 11.8 Å². The maximum absolute atomic E-state index is 12.7. The minimum atomic E-state index is -0.559. The molecule has 0 bridgehead atoms. The summed E-state index contributed by atoms with van der Waals surface area (Å²) < 4.78 is 5.17. The van der Waals surface area contributed by atoms with E-state index >= 15 is 0 Å². The first-order valence-electron chi connectivity index (χ1n) is 8.81. The number of amides is 2. The van der Waals surface area contributed by atoms with Gasteiger partial charge in [-0.1, -0.05) is 12.1 Å². The number of ether oxygens (including phenoxy) is 1. The molecule has 1 atom stereocenters. The molecule has 28 heavy (non-hydrogen) atoms. The lowest BCUT2D eigenvalue weighted by Crippen LogP contribution is -2.28. The maximum Gasteiger partial charge on any atom is 0.271 e. The quantitative estimate of drug-likeness (QED) is 0.631. The molecule has 1 unspecified atom stereocenters. The molecule has 3 rings (SSSR count). The van der Waals surface area contributed by atoms with Gasteiger partial charge in [-0.15, -0.1) is 0 Å². The molecule has 0 spiro atoms. The summed E-state index contributed by atoms with van der Waals surface area (Å²) in [5, 5.41) is 13.7. The smallest absolute Gasteiger partial charge is 0.271 e. The summed E-state index contributed by atoms with van der Waals surface area (Å²) in [7, 11) is 1.41. The number of carbonyl (C=O) groups is 2.